The van der Waals surface area contributed by atoms with E-state index in [1.165, 1.54) is 0 Å². The molecular weight excluding hydrogens is 448 g/mol. The van der Waals surface area contributed by atoms with Crippen LogP contribution in [-0.4, -0.2) is 45.8 Å². The van der Waals surface area contributed by atoms with Crippen molar-refractivity contribution >= 4 is 46.0 Å². The molecule has 6 N–H and O–H groups in total. The molecule has 0 aliphatic rings. The van der Waals surface area contributed by atoms with Gasteiger partial charge in [0.05, 0.1) is 11.6 Å². The van der Waals surface area contributed by atoms with Crippen LogP contribution < -0.4 is 21.7 Å². The topological polar surface area (TPSA) is 165 Å². The van der Waals surface area contributed by atoms with Crippen LogP contribution in [0, 0.1) is 5.92 Å². The van der Waals surface area contributed by atoms with Crippen LogP contribution in [0.25, 0.3) is 10.9 Å². The van der Waals surface area contributed by atoms with Gasteiger partial charge in [0.25, 0.3) is 5.91 Å². The van der Waals surface area contributed by atoms with Crippen LogP contribution in [0.3, 0.4) is 0 Å². The number of aliphatic carboxylic acids is 1. The fraction of sp³-hybridized carbons (Fsp3) is 0.320. The van der Waals surface area contributed by atoms with Gasteiger partial charge in [0.2, 0.25) is 5.95 Å². The average molecular weight is 479 g/mol. The molecule has 0 spiro atoms. The monoisotopic (exact) mass is 478 g/mol. The number of hydrogen-bond donors (Lipinski definition) is 4. The van der Waals surface area contributed by atoms with Crippen molar-refractivity contribution in [3.63, 3.8) is 0 Å². The van der Waals surface area contributed by atoms with Crippen LogP contribution in [0.4, 0.5) is 17.5 Å². The van der Waals surface area contributed by atoms with Crippen molar-refractivity contribution < 1.29 is 19.5 Å². The quantitative estimate of drug-likeness (QED) is 0.343. The Hall–Kier alpha value is -4.21. The standard InChI is InChI=1S/C25H30N6O4/c1-14(2)22(34)20(10-11-21(32)33)28-24(35)16-5-7-17(8-6-16)31(3)13-15-4-9-19-18(12-15)23(26)30-25(27)29-19/h4-9,12,14,20H,10-11,13H2,1-3H3,(H,28,35)(H,32,33)(H4,26,27,29,30)/t20-/m0/s1. The normalized spacial score (nSPS) is 11.9. The number of nitrogen functional groups attached to an aromatic ring is 2. The molecule has 184 valence electrons. The zero-order chi connectivity index (χ0) is 25.7. The lowest BCUT2D eigenvalue weighted by Crippen LogP contribution is -2.43. The van der Waals surface area contributed by atoms with E-state index in [0.717, 1.165) is 16.6 Å². The molecule has 10 nitrogen and oxygen atoms in total. The van der Waals surface area contributed by atoms with Gasteiger partial charge < -0.3 is 26.8 Å². The van der Waals surface area contributed by atoms with Crippen molar-refractivity contribution in [2.75, 3.05) is 23.4 Å². The SMILES string of the molecule is CC(C)C(=O)[C@H](CCC(=O)O)NC(=O)c1ccc(N(C)Cc2ccc3nc(N)nc(N)c3c2)cc1. The molecular formula is C25H30N6O4. The van der Waals surface area contributed by atoms with Crippen LogP contribution >= 0.6 is 0 Å². The zero-order valence-corrected chi connectivity index (χ0v) is 20.0. The van der Waals surface area contributed by atoms with Crippen molar-refractivity contribution in [1.29, 1.82) is 0 Å². The molecule has 1 aromatic heterocycles. The highest BCUT2D eigenvalue weighted by Gasteiger charge is 2.24. The summed E-state index contributed by atoms with van der Waals surface area (Å²) < 4.78 is 0. The molecule has 3 aromatic rings. The number of anilines is 3. The van der Waals surface area contributed by atoms with Crippen molar-refractivity contribution in [3.05, 3.63) is 53.6 Å². The number of carboxylic acid groups (broad SMARTS) is 1. The van der Waals surface area contributed by atoms with Crippen LogP contribution in [0.15, 0.2) is 42.5 Å². The second-order valence-electron chi connectivity index (χ2n) is 8.74. The van der Waals surface area contributed by atoms with E-state index in [0.29, 0.717) is 23.4 Å². The van der Waals surface area contributed by atoms with E-state index >= 15 is 0 Å². The zero-order valence-electron chi connectivity index (χ0n) is 20.0. The minimum absolute atomic E-state index is 0.0484. The molecule has 0 saturated heterocycles. The maximum absolute atomic E-state index is 12.7. The Kier molecular flexibility index (Phi) is 7.85. The van der Waals surface area contributed by atoms with Gasteiger partial charge in [-0.05, 0) is 48.4 Å². The minimum atomic E-state index is -1.01. The van der Waals surface area contributed by atoms with Crippen molar-refractivity contribution in [3.8, 4) is 0 Å². The summed E-state index contributed by atoms with van der Waals surface area (Å²) in [5.41, 5.74) is 14.6. The first kappa shape index (κ1) is 25.4. The molecule has 0 aliphatic carbocycles. The molecule has 1 heterocycles. The summed E-state index contributed by atoms with van der Waals surface area (Å²) in [5.74, 6) is -1.50. The predicted molar refractivity (Wildman–Crippen MR) is 135 cm³/mol. The highest BCUT2D eigenvalue weighted by Crippen LogP contribution is 2.23. The number of nitrogens with zero attached hydrogens (tertiary/aromatic N) is 3. The van der Waals surface area contributed by atoms with Crippen LogP contribution in [0.1, 0.15) is 42.6 Å². The van der Waals surface area contributed by atoms with E-state index in [1.54, 1.807) is 26.0 Å². The molecule has 0 bridgehead atoms. The number of carbonyl (C=O) groups excluding carboxylic acids is 2. The first-order valence-electron chi connectivity index (χ1n) is 11.2. The molecule has 2 aromatic carbocycles. The Morgan fingerprint density at radius 2 is 1.74 bits per heavy atom. The number of rotatable bonds is 10. The van der Waals surface area contributed by atoms with Crippen molar-refractivity contribution in [1.82, 2.24) is 15.3 Å². The lowest BCUT2D eigenvalue weighted by Gasteiger charge is -2.21. The summed E-state index contributed by atoms with van der Waals surface area (Å²) in [6.45, 7) is 4.02. The summed E-state index contributed by atoms with van der Waals surface area (Å²) in [4.78, 5) is 46.3. The second-order valence-corrected chi connectivity index (χ2v) is 8.74. The summed E-state index contributed by atoms with van der Waals surface area (Å²) in [7, 11) is 1.92. The lowest BCUT2D eigenvalue weighted by atomic mass is 9.97. The summed E-state index contributed by atoms with van der Waals surface area (Å²) in [6, 6.07) is 11.8. The van der Waals surface area contributed by atoms with Gasteiger partial charge in [-0.3, -0.25) is 14.4 Å². The molecule has 1 atom stereocenters. The van der Waals surface area contributed by atoms with E-state index in [-0.39, 0.29) is 30.5 Å². The summed E-state index contributed by atoms with van der Waals surface area (Å²) >= 11 is 0. The number of nitrogens with two attached hydrogens (primary N) is 2. The summed E-state index contributed by atoms with van der Waals surface area (Å²) in [5, 5.41) is 12.4. The van der Waals surface area contributed by atoms with E-state index in [9.17, 15) is 14.4 Å². The largest absolute Gasteiger partial charge is 0.481 e. The van der Waals surface area contributed by atoms with Gasteiger partial charge in [0.15, 0.2) is 5.78 Å². The van der Waals surface area contributed by atoms with Gasteiger partial charge in [-0.1, -0.05) is 19.9 Å². The molecule has 0 radical (unpaired) electrons. The first-order chi connectivity index (χ1) is 16.5. The van der Waals surface area contributed by atoms with Gasteiger partial charge >= 0.3 is 5.97 Å². The molecule has 0 unspecified atom stereocenters. The fourth-order valence-corrected chi connectivity index (χ4v) is 3.75. The van der Waals surface area contributed by atoms with Gasteiger partial charge in [0.1, 0.15) is 5.82 Å². The Labute approximate surface area is 203 Å². The first-order valence-corrected chi connectivity index (χ1v) is 11.2. The average Bonchev–Trinajstić information content (AvgIpc) is 2.81. The van der Waals surface area contributed by atoms with Gasteiger partial charge in [-0.15, -0.1) is 0 Å². The molecule has 0 saturated carbocycles. The van der Waals surface area contributed by atoms with Crippen LogP contribution in [0.5, 0.6) is 0 Å². The van der Waals surface area contributed by atoms with E-state index in [4.69, 9.17) is 16.6 Å². The minimum Gasteiger partial charge on any atom is -0.481 e. The van der Waals surface area contributed by atoms with E-state index in [2.05, 4.69) is 15.3 Å². The number of Topliss-reactive ketones (excluding diaryl/α,β-unsaturated/α-hetero) is 1. The third-order valence-corrected chi connectivity index (χ3v) is 5.66. The number of ketones is 1. The highest BCUT2D eigenvalue weighted by molar-refractivity contribution is 5.98. The predicted octanol–water partition coefficient (Wildman–Crippen LogP) is 2.62. The molecule has 0 aliphatic heterocycles. The Balaban J connectivity index is 1.69. The molecule has 3 rings (SSSR count). The Bertz CT molecular complexity index is 1240. The molecule has 35 heavy (non-hydrogen) atoms. The maximum atomic E-state index is 12.7. The second kappa shape index (κ2) is 10.8. The maximum Gasteiger partial charge on any atom is 0.303 e. The van der Waals surface area contributed by atoms with E-state index in [1.807, 2.05) is 42.3 Å². The molecule has 10 heteroatoms. The third-order valence-electron chi connectivity index (χ3n) is 5.66. The number of nitrogens with one attached hydrogen (secondary N) is 1. The highest BCUT2D eigenvalue weighted by atomic mass is 16.4. The molecule has 1 amide bonds. The number of fused-ring (bicyclic) bond motifs is 1. The number of aromatic nitrogens is 2. The van der Waals surface area contributed by atoms with Crippen LogP contribution in [0.2, 0.25) is 0 Å². The molecule has 0 fully saturated rings. The van der Waals surface area contributed by atoms with Crippen molar-refractivity contribution in [2.45, 2.75) is 39.3 Å². The number of hydrogen-bond acceptors (Lipinski definition) is 8. The summed E-state index contributed by atoms with van der Waals surface area (Å²) in [6.07, 6.45) is -0.153. The van der Waals surface area contributed by atoms with Crippen LogP contribution in [-0.2, 0) is 16.1 Å². The van der Waals surface area contributed by atoms with Gasteiger partial charge in [0, 0.05) is 42.6 Å². The third kappa shape index (κ3) is 6.44. The number of amides is 1. The number of carboxylic acids is 1. The smallest absolute Gasteiger partial charge is 0.303 e. The Morgan fingerprint density at radius 3 is 2.37 bits per heavy atom. The Morgan fingerprint density at radius 1 is 1.06 bits per heavy atom. The van der Waals surface area contributed by atoms with Gasteiger partial charge in [-0.2, -0.15) is 4.98 Å². The van der Waals surface area contributed by atoms with Gasteiger partial charge in [-0.25, -0.2) is 4.98 Å². The number of carbonyl (C=O) groups is 3. The van der Waals surface area contributed by atoms with Crippen molar-refractivity contribution in [2.24, 2.45) is 5.92 Å². The lowest BCUT2D eigenvalue weighted by molar-refractivity contribution is -0.137. The number of benzene rings is 2. The fourth-order valence-electron chi connectivity index (χ4n) is 3.75. The van der Waals surface area contributed by atoms with E-state index < -0.39 is 17.9 Å².